The van der Waals surface area contributed by atoms with Crippen molar-refractivity contribution in [2.24, 2.45) is 0 Å². The Hall–Kier alpha value is -1.65. The molecule has 2 fully saturated rings. The molecule has 0 saturated carbocycles. The lowest BCUT2D eigenvalue weighted by atomic mass is 9.88. The molecule has 0 bridgehead atoms. The third-order valence-corrected chi connectivity index (χ3v) is 8.40. The standard InChI is InChI=1S/C22H25ClF3N3O2S/c1-27-15-20(17-6-5-7-18(14-17)22(24,25)26)21(16-8-10-19(23)11-9-16)29(27)32(30,31)28-12-3-2-4-13-28/h5-11,14,20-21H,2-4,12-13,15H2,1H3. The van der Waals surface area contributed by atoms with Crippen molar-refractivity contribution in [3.63, 3.8) is 0 Å². The summed E-state index contributed by atoms with van der Waals surface area (Å²) >= 11 is 6.04. The van der Waals surface area contributed by atoms with Gasteiger partial charge in [-0.25, -0.2) is 5.01 Å². The molecule has 4 rings (SSSR count). The van der Waals surface area contributed by atoms with Gasteiger partial charge in [0.05, 0.1) is 11.6 Å². The smallest absolute Gasteiger partial charge is 0.229 e. The molecule has 2 aromatic carbocycles. The predicted octanol–water partition coefficient (Wildman–Crippen LogP) is 5.08. The number of nitrogens with zero attached hydrogens (tertiary/aromatic N) is 3. The van der Waals surface area contributed by atoms with Gasteiger partial charge >= 0.3 is 6.18 Å². The second-order valence-electron chi connectivity index (χ2n) is 8.31. The number of likely N-dealkylation sites (N-methyl/N-ethyl adjacent to an activating group) is 1. The highest BCUT2D eigenvalue weighted by atomic mass is 35.5. The van der Waals surface area contributed by atoms with E-state index in [2.05, 4.69) is 0 Å². The lowest BCUT2D eigenvalue weighted by molar-refractivity contribution is -0.137. The van der Waals surface area contributed by atoms with Gasteiger partial charge in [0.25, 0.3) is 10.2 Å². The van der Waals surface area contributed by atoms with Gasteiger partial charge in [-0.2, -0.15) is 25.9 Å². The minimum atomic E-state index is -4.48. The van der Waals surface area contributed by atoms with Crippen LogP contribution in [0.5, 0.6) is 0 Å². The molecule has 0 radical (unpaired) electrons. The lowest BCUT2D eigenvalue weighted by Gasteiger charge is -2.36. The molecule has 0 aromatic heterocycles. The fraction of sp³-hybridized carbons (Fsp3) is 0.455. The topological polar surface area (TPSA) is 43.9 Å². The molecule has 2 aromatic rings. The summed E-state index contributed by atoms with van der Waals surface area (Å²) in [4.78, 5) is 0. The van der Waals surface area contributed by atoms with Gasteiger partial charge in [0.15, 0.2) is 0 Å². The Balaban J connectivity index is 1.80. The van der Waals surface area contributed by atoms with Gasteiger partial charge in [-0.05, 0) is 42.2 Å². The average molecular weight is 488 g/mol. The monoisotopic (exact) mass is 487 g/mol. The maximum Gasteiger partial charge on any atom is 0.416 e. The highest BCUT2D eigenvalue weighted by Gasteiger charge is 2.48. The van der Waals surface area contributed by atoms with E-state index in [1.54, 1.807) is 42.4 Å². The van der Waals surface area contributed by atoms with Crippen LogP contribution in [0.2, 0.25) is 5.02 Å². The first-order chi connectivity index (χ1) is 15.1. The Morgan fingerprint density at radius 3 is 2.25 bits per heavy atom. The minimum Gasteiger partial charge on any atom is -0.229 e. The summed E-state index contributed by atoms with van der Waals surface area (Å²) < 4.78 is 70.2. The van der Waals surface area contributed by atoms with Crippen molar-refractivity contribution in [1.29, 1.82) is 0 Å². The molecule has 2 heterocycles. The molecule has 0 spiro atoms. The summed E-state index contributed by atoms with van der Waals surface area (Å²) in [5, 5.41) is 2.11. The van der Waals surface area contributed by atoms with Crippen molar-refractivity contribution in [3.05, 3.63) is 70.2 Å². The lowest BCUT2D eigenvalue weighted by Crippen LogP contribution is -2.50. The van der Waals surface area contributed by atoms with E-state index in [1.807, 2.05) is 0 Å². The van der Waals surface area contributed by atoms with Crippen LogP contribution < -0.4 is 0 Å². The fourth-order valence-electron chi connectivity index (χ4n) is 4.62. The van der Waals surface area contributed by atoms with Gasteiger partial charge in [-0.15, -0.1) is 4.41 Å². The Labute approximate surface area is 191 Å². The van der Waals surface area contributed by atoms with Crippen molar-refractivity contribution in [1.82, 2.24) is 13.7 Å². The number of hydrogen-bond donors (Lipinski definition) is 0. The van der Waals surface area contributed by atoms with Crippen LogP contribution in [0.15, 0.2) is 48.5 Å². The van der Waals surface area contributed by atoms with Crippen molar-refractivity contribution in [2.45, 2.75) is 37.4 Å². The first-order valence-corrected chi connectivity index (χ1v) is 12.3. The van der Waals surface area contributed by atoms with E-state index in [0.717, 1.165) is 31.4 Å². The van der Waals surface area contributed by atoms with Gasteiger partial charge in [0, 0.05) is 37.6 Å². The van der Waals surface area contributed by atoms with Crippen LogP contribution in [0.3, 0.4) is 0 Å². The van der Waals surface area contributed by atoms with E-state index >= 15 is 0 Å². The summed E-state index contributed by atoms with van der Waals surface area (Å²) in [7, 11) is -2.20. The van der Waals surface area contributed by atoms with Gasteiger partial charge in [-0.3, -0.25) is 0 Å². The molecule has 10 heteroatoms. The summed E-state index contributed by atoms with van der Waals surface area (Å²) in [5.74, 6) is -0.483. The second-order valence-corrected chi connectivity index (χ2v) is 10.5. The van der Waals surface area contributed by atoms with E-state index in [9.17, 15) is 21.6 Å². The zero-order valence-corrected chi connectivity index (χ0v) is 19.2. The molecule has 2 aliphatic rings. The fourth-order valence-corrected chi connectivity index (χ4v) is 6.67. The number of rotatable bonds is 4. The first kappa shape index (κ1) is 23.5. The van der Waals surface area contributed by atoms with Crippen LogP contribution in [0.25, 0.3) is 0 Å². The predicted molar refractivity (Wildman–Crippen MR) is 117 cm³/mol. The minimum absolute atomic E-state index is 0.266. The normalized spacial score (nSPS) is 24.2. The van der Waals surface area contributed by atoms with E-state index in [-0.39, 0.29) is 6.54 Å². The molecule has 2 saturated heterocycles. The highest BCUT2D eigenvalue weighted by molar-refractivity contribution is 7.86. The number of hydrazine groups is 1. The molecule has 32 heavy (non-hydrogen) atoms. The van der Waals surface area contributed by atoms with Crippen LogP contribution >= 0.6 is 11.6 Å². The average Bonchev–Trinajstić information content (AvgIpc) is 3.12. The Morgan fingerprint density at radius 1 is 0.969 bits per heavy atom. The van der Waals surface area contributed by atoms with E-state index in [1.165, 1.54) is 14.8 Å². The van der Waals surface area contributed by atoms with Gasteiger partial charge in [0.2, 0.25) is 0 Å². The molecule has 174 valence electrons. The molecular weight excluding hydrogens is 463 g/mol. The summed E-state index contributed by atoms with van der Waals surface area (Å²) in [6.07, 6.45) is -1.91. The zero-order chi connectivity index (χ0) is 23.1. The maximum atomic E-state index is 13.7. The third-order valence-electron chi connectivity index (χ3n) is 6.15. The Bertz CT molecular complexity index is 1060. The summed E-state index contributed by atoms with van der Waals surface area (Å²) in [5.41, 5.74) is 0.384. The number of benzene rings is 2. The SMILES string of the molecule is CN1CC(c2cccc(C(F)(F)F)c2)C(c2ccc(Cl)cc2)N1S(=O)(=O)N1CCCCC1. The Kier molecular flexibility index (Phi) is 6.57. The Morgan fingerprint density at radius 2 is 1.62 bits per heavy atom. The van der Waals surface area contributed by atoms with Gasteiger partial charge in [-0.1, -0.05) is 48.4 Å². The van der Waals surface area contributed by atoms with E-state index in [0.29, 0.717) is 29.2 Å². The molecule has 0 amide bonds. The number of halogens is 4. The number of alkyl halides is 3. The van der Waals surface area contributed by atoms with Crippen LogP contribution in [0, 0.1) is 0 Å². The zero-order valence-electron chi connectivity index (χ0n) is 17.6. The van der Waals surface area contributed by atoms with Crippen LogP contribution in [0.1, 0.15) is 47.9 Å². The molecular formula is C22H25ClF3N3O2S. The van der Waals surface area contributed by atoms with Crippen molar-refractivity contribution in [2.75, 3.05) is 26.7 Å². The van der Waals surface area contributed by atoms with Gasteiger partial charge in [0.1, 0.15) is 0 Å². The van der Waals surface area contributed by atoms with Gasteiger partial charge < -0.3 is 0 Å². The summed E-state index contributed by atoms with van der Waals surface area (Å²) in [6.45, 7) is 1.14. The number of hydrogen-bond acceptors (Lipinski definition) is 3. The van der Waals surface area contributed by atoms with Crippen molar-refractivity contribution in [3.8, 4) is 0 Å². The third kappa shape index (κ3) is 4.54. The molecule has 0 N–H and O–H groups in total. The second kappa shape index (κ2) is 8.95. The molecule has 5 nitrogen and oxygen atoms in total. The summed E-state index contributed by atoms with van der Waals surface area (Å²) in [6, 6.07) is 11.3. The molecule has 2 aliphatic heterocycles. The molecule has 2 atom stereocenters. The van der Waals surface area contributed by atoms with Crippen LogP contribution in [0.4, 0.5) is 13.2 Å². The van der Waals surface area contributed by atoms with E-state index < -0.39 is 33.9 Å². The highest BCUT2D eigenvalue weighted by Crippen LogP contribution is 2.46. The molecule has 0 aliphatic carbocycles. The largest absolute Gasteiger partial charge is 0.416 e. The maximum absolute atomic E-state index is 13.7. The van der Waals surface area contributed by atoms with Crippen molar-refractivity contribution < 1.29 is 21.6 Å². The number of piperidine rings is 1. The first-order valence-electron chi connectivity index (χ1n) is 10.5. The van der Waals surface area contributed by atoms with Crippen LogP contribution in [-0.2, 0) is 16.4 Å². The van der Waals surface area contributed by atoms with E-state index in [4.69, 9.17) is 11.6 Å². The van der Waals surface area contributed by atoms with Crippen molar-refractivity contribution >= 4 is 21.8 Å². The molecule has 2 unspecified atom stereocenters. The van der Waals surface area contributed by atoms with Crippen LogP contribution in [-0.4, -0.2) is 48.8 Å². The quantitative estimate of drug-likeness (QED) is 0.604.